The van der Waals surface area contributed by atoms with E-state index >= 15 is 0 Å². The van der Waals surface area contributed by atoms with Crippen LogP contribution >= 0.6 is 0 Å². The first-order valence-electron chi connectivity index (χ1n) is 9.51. The minimum atomic E-state index is -1.62. The molecule has 0 spiro atoms. The monoisotopic (exact) mass is 416 g/mol. The Morgan fingerprint density at radius 3 is 1.30 bits per heavy atom. The smallest absolute Gasteiger partial charge is 0.369 e. The number of carboxylic acid groups (broad SMARTS) is 2. The van der Waals surface area contributed by atoms with E-state index in [-0.39, 0.29) is 12.2 Å². The first kappa shape index (κ1) is 21.9. The molecule has 4 unspecified atom stereocenters. The third-order valence-corrected chi connectivity index (χ3v) is 4.65. The molecule has 0 amide bonds. The lowest BCUT2D eigenvalue weighted by Gasteiger charge is -2.22. The Labute approximate surface area is 173 Å². The average Bonchev–Trinajstić information content (AvgIpc) is 3.35. The number of carbonyl (C=O) groups is 2. The summed E-state index contributed by atoms with van der Waals surface area (Å²) in [5.41, 5.74) is 1.03. The van der Waals surface area contributed by atoms with E-state index in [1.54, 1.807) is 62.4 Å². The van der Waals surface area contributed by atoms with Crippen LogP contribution in [0.1, 0.15) is 25.0 Å². The van der Waals surface area contributed by atoms with Gasteiger partial charge in [-0.1, -0.05) is 60.7 Å². The second-order valence-corrected chi connectivity index (χ2v) is 7.05. The molecule has 2 aliphatic rings. The minimum absolute atomic E-state index is 0.207. The van der Waals surface area contributed by atoms with Crippen molar-refractivity contribution in [2.24, 2.45) is 0 Å². The maximum absolute atomic E-state index is 11.2. The van der Waals surface area contributed by atoms with E-state index < -0.39 is 23.5 Å². The lowest BCUT2D eigenvalue weighted by atomic mass is 10.1. The van der Waals surface area contributed by atoms with Crippen molar-refractivity contribution in [2.45, 2.75) is 37.6 Å². The molecule has 2 fully saturated rings. The Balaban J connectivity index is 0.000000171. The molecule has 0 radical (unpaired) electrons. The standard InChI is InChI=1S/2C11H12O4/c2*1-8-7-14-11(15-8,10(12)13)9-5-3-2-4-6-9/h2*2-6,8H,7H2,1H3,(H,12,13). The van der Waals surface area contributed by atoms with E-state index in [2.05, 4.69) is 0 Å². The van der Waals surface area contributed by atoms with Gasteiger partial charge in [-0.25, -0.2) is 9.59 Å². The third-order valence-electron chi connectivity index (χ3n) is 4.65. The zero-order chi connectivity index (χ0) is 21.8. The van der Waals surface area contributed by atoms with E-state index in [0.29, 0.717) is 24.3 Å². The average molecular weight is 416 g/mol. The number of carboxylic acids is 2. The zero-order valence-electron chi connectivity index (χ0n) is 16.7. The molecule has 2 saturated heterocycles. The second-order valence-electron chi connectivity index (χ2n) is 7.05. The van der Waals surface area contributed by atoms with Crippen LogP contribution in [0.5, 0.6) is 0 Å². The van der Waals surface area contributed by atoms with Crippen molar-refractivity contribution in [2.75, 3.05) is 13.2 Å². The van der Waals surface area contributed by atoms with Crippen LogP contribution in [-0.2, 0) is 40.1 Å². The van der Waals surface area contributed by atoms with Gasteiger partial charge in [0, 0.05) is 11.1 Å². The Hall–Kier alpha value is -2.78. The van der Waals surface area contributed by atoms with Crippen LogP contribution in [0.2, 0.25) is 0 Å². The van der Waals surface area contributed by atoms with Crippen molar-refractivity contribution in [3.8, 4) is 0 Å². The number of hydrogen-bond acceptors (Lipinski definition) is 6. The van der Waals surface area contributed by atoms with Crippen LogP contribution < -0.4 is 0 Å². The molecule has 8 nitrogen and oxygen atoms in total. The first-order chi connectivity index (χ1) is 14.3. The number of rotatable bonds is 4. The maximum Gasteiger partial charge on any atom is 0.369 e. The van der Waals surface area contributed by atoms with Gasteiger partial charge in [-0.2, -0.15) is 0 Å². The number of hydrogen-bond donors (Lipinski definition) is 2. The summed E-state index contributed by atoms with van der Waals surface area (Å²) in [5, 5.41) is 18.4. The van der Waals surface area contributed by atoms with Crippen molar-refractivity contribution in [1.82, 2.24) is 0 Å². The normalized spacial score (nSPS) is 30.3. The molecule has 8 heteroatoms. The minimum Gasteiger partial charge on any atom is -0.477 e. The fraction of sp³-hybridized carbons (Fsp3) is 0.364. The summed E-state index contributed by atoms with van der Waals surface area (Å²) >= 11 is 0. The zero-order valence-corrected chi connectivity index (χ0v) is 16.7. The number of aliphatic carboxylic acids is 2. The molecule has 2 heterocycles. The third kappa shape index (κ3) is 4.22. The summed E-state index contributed by atoms with van der Waals surface area (Å²) in [7, 11) is 0. The molecule has 2 aromatic rings. The van der Waals surface area contributed by atoms with Crippen molar-refractivity contribution in [3.05, 3.63) is 71.8 Å². The van der Waals surface area contributed by atoms with Gasteiger partial charge in [0.1, 0.15) is 0 Å². The molecule has 4 atom stereocenters. The first-order valence-corrected chi connectivity index (χ1v) is 9.51. The van der Waals surface area contributed by atoms with E-state index in [1.807, 2.05) is 12.1 Å². The molecule has 0 aliphatic carbocycles. The highest BCUT2D eigenvalue weighted by molar-refractivity contribution is 5.78. The van der Waals surface area contributed by atoms with Crippen LogP contribution in [0.15, 0.2) is 60.7 Å². The lowest BCUT2D eigenvalue weighted by Crippen LogP contribution is -2.37. The molecule has 2 aliphatic heterocycles. The molecule has 160 valence electrons. The summed E-state index contributed by atoms with van der Waals surface area (Å²) in [5.74, 6) is -5.47. The van der Waals surface area contributed by atoms with Gasteiger partial charge in [0.15, 0.2) is 0 Å². The van der Waals surface area contributed by atoms with Gasteiger partial charge in [0.25, 0.3) is 11.6 Å². The molecule has 0 bridgehead atoms. The summed E-state index contributed by atoms with van der Waals surface area (Å²) in [6, 6.07) is 17.4. The highest BCUT2D eigenvalue weighted by Crippen LogP contribution is 2.35. The lowest BCUT2D eigenvalue weighted by molar-refractivity contribution is -0.209. The molecule has 2 N–H and O–H groups in total. The second kappa shape index (κ2) is 8.93. The van der Waals surface area contributed by atoms with E-state index in [0.717, 1.165) is 0 Å². The fourth-order valence-electron chi connectivity index (χ4n) is 3.26. The van der Waals surface area contributed by atoms with Crippen molar-refractivity contribution >= 4 is 11.9 Å². The molecular formula is C22H24O8. The Bertz CT molecular complexity index is 798. The molecule has 30 heavy (non-hydrogen) atoms. The SMILES string of the molecule is CC1COC(C(=O)O)(c2ccccc2)O1.CC1COC(C(=O)O)(c2ccccc2)O1. The summed E-state index contributed by atoms with van der Waals surface area (Å²) in [6.45, 7) is 4.16. The Morgan fingerprint density at radius 1 is 0.733 bits per heavy atom. The predicted molar refractivity (Wildman–Crippen MR) is 105 cm³/mol. The fourth-order valence-corrected chi connectivity index (χ4v) is 3.26. The number of benzene rings is 2. The van der Waals surface area contributed by atoms with Crippen LogP contribution in [-0.4, -0.2) is 47.6 Å². The van der Waals surface area contributed by atoms with Gasteiger partial charge in [0.2, 0.25) is 0 Å². The van der Waals surface area contributed by atoms with E-state index in [9.17, 15) is 19.8 Å². The van der Waals surface area contributed by atoms with Crippen LogP contribution in [0.4, 0.5) is 0 Å². The van der Waals surface area contributed by atoms with E-state index in [1.165, 1.54) is 0 Å². The maximum atomic E-state index is 11.2. The van der Waals surface area contributed by atoms with Gasteiger partial charge >= 0.3 is 11.9 Å². The largest absolute Gasteiger partial charge is 0.477 e. The summed E-state index contributed by atoms with van der Waals surface area (Å²) in [4.78, 5) is 22.4. The van der Waals surface area contributed by atoms with E-state index in [4.69, 9.17) is 18.9 Å². The van der Waals surface area contributed by atoms with Gasteiger partial charge in [0.05, 0.1) is 25.4 Å². The van der Waals surface area contributed by atoms with Crippen LogP contribution in [0, 0.1) is 0 Å². The molecule has 2 aromatic carbocycles. The topological polar surface area (TPSA) is 112 Å². The molecule has 0 saturated carbocycles. The highest BCUT2D eigenvalue weighted by atomic mass is 16.8. The van der Waals surface area contributed by atoms with Crippen molar-refractivity contribution < 1.29 is 38.7 Å². The molecule has 0 aromatic heterocycles. The Morgan fingerprint density at radius 2 is 1.07 bits per heavy atom. The van der Waals surface area contributed by atoms with Crippen LogP contribution in [0.25, 0.3) is 0 Å². The predicted octanol–water partition coefficient (Wildman–Crippen LogP) is 2.72. The van der Waals surface area contributed by atoms with Crippen molar-refractivity contribution in [3.63, 3.8) is 0 Å². The molecule has 4 rings (SSSR count). The number of ether oxygens (including phenoxy) is 4. The van der Waals surface area contributed by atoms with Crippen molar-refractivity contribution in [1.29, 1.82) is 0 Å². The quantitative estimate of drug-likeness (QED) is 0.783. The summed E-state index contributed by atoms with van der Waals surface area (Å²) in [6.07, 6.45) is -0.414. The van der Waals surface area contributed by atoms with Crippen LogP contribution in [0.3, 0.4) is 0 Å². The van der Waals surface area contributed by atoms with Gasteiger partial charge in [-0.3, -0.25) is 0 Å². The van der Waals surface area contributed by atoms with Gasteiger partial charge in [-0.05, 0) is 13.8 Å². The van der Waals surface area contributed by atoms with Gasteiger partial charge in [-0.15, -0.1) is 0 Å². The molecular weight excluding hydrogens is 392 g/mol. The Kier molecular flexibility index (Phi) is 6.52. The highest BCUT2D eigenvalue weighted by Gasteiger charge is 2.50. The summed E-state index contributed by atoms with van der Waals surface area (Å²) < 4.78 is 21.3. The van der Waals surface area contributed by atoms with Gasteiger partial charge < -0.3 is 29.2 Å².